The second-order valence-corrected chi connectivity index (χ2v) is 6.81. The van der Waals surface area contributed by atoms with Crippen LogP contribution in [0, 0.1) is 10.8 Å². The first-order valence-electron chi connectivity index (χ1n) is 7.21. The minimum Gasteiger partial charge on any atom is -0.478 e. The van der Waals surface area contributed by atoms with Gasteiger partial charge in [-0.2, -0.15) is 0 Å². The zero-order valence-electron chi connectivity index (χ0n) is 12.9. The Balaban J connectivity index is 2.26. The van der Waals surface area contributed by atoms with Gasteiger partial charge in [0.2, 0.25) is 0 Å². The van der Waals surface area contributed by atoms with Crippen molar-refractivity contribution in [1.82, 2.24) is 4.98 Å². The van der Waals surface area contributed by atoms with Gasteiger partial charge >= 0.3 is 5.97 Å². The number of aryl methyl sites for hydroxylation is 1. The van der Waals surface area contributed by atoms with Crippen molar-refractivity contribution in [2.24, 2.45) is 10.8 Å². The molecule has 1 aliphatic carbocycles. The second kappa shape index (κ2) is 4.76. The van der Waals surface area contributed by atoms with Crippen LogP contribution >= 0.6 is 0 Å². The minimum atomic E-state index is -0.901. The zero-order chi connectivity index (χ0) is 15.1. The summed E-state index contributed by atoms with van der Waals surface area (Å²) in [5, 5.41) is 12.6. The molecule has 1 aromatic heterocycles. The average Bonchev–Trinajstić information content (AvgIpc) is 2.72. The highest BCUT2D eigenvalue weighted by atomic mass is 16.4. The molecular formula is C16H24N2O2. The van der Waals surface area contributed by atoms with Crippen molar-refractivity contribution in [3.8, 4) is 0 Å². The molecule has 0 amide bonds. The van der Waals surface area contributed by atoms with Crippen LogP contribution in [-0.4, -0.2) is 22.1 Å². The smallest absolute Gasteiger partial charge is 0.335 e. The monoisotopic (exact) mass is 276 g/mol. The highest BCUT2D eigenvalue weighted by Gasteiger charge is 2.65. The molecular weight excluding hydrogens is 252 g/mol. The molecule has 1 heterocycles. The molecule has 0 unspecified atom stereocenters. The van der Waals surface area contributed by atoms with E-state index in [-0.39, 0.29) is 10.8 Å². The van der Waals surface area contributed by atoms with E-state index in [1.54, 1.807) is 12.1 Å². The molecule has 0 saturated heterocycles. The number of aromatic nitrogens is 1. The molecule has 1 saturated carbocycles. The zero-order valence-corrected chi connectivity index (χ0v) is 12.9. The molecule has 20 heavy (non-hydrogen) atoms. The lowest BCUT2D eigenvalue weighted by Crippen LogP contribution is -2.13. The van der Waals surface area contributed by atoms with E-state index in [0.717, 1.165) is 18.5 Å². The highest BCUT2D eigenvalue weighted by molar-refractivity contribution is 5.88. The van der Waals surface area contributed by atoms with Gasteiger partial charge in [0.25, 0.3) is 0 Å². The first-order chi connectivity index (χ1) is 9.20. The lowest BCUT2D eigenvalue weighted by Gasteiger charge is -2.10. The SMILES string of the molecule is CCCc1cc(C(=O)O)cc(NC2C(C)(C)C2(C)C)n1. The summed E-state index contributed by atoms with van der Waals surface area (Å²) < 4.78 is 0. The Labute approximate surface area is 120 Å². The summed E-state index contributed by atoms with van der Waals surface area (Å²) in [6.07, 6.45) is 1.75. The molecule has 0 aliphatic heterocycles. The summed E-state index contributed by atoms with van der Waals surface area (Å²) >= 11 is 0. The minimum absolute atomic E-state index is 0.193. The van der Waals surface area contributed by atoms with E-state index >= 15 is 0 Å². The molecule has 1 fully saturated rings. The van der Waals surface area contributed by atoms with Crippen LogP contribution in [0.1, 0.15) is 57.1 Å². The van der Waals surface area contributed by atoms with E-state index in [9.17, 15) is 9.90 Å². The molecule has 0 atom stereocenters. The lowest BCUT2D eigenvalue weighted by molar-refractivity contribution is 0.0696. The van der Waals surface area contributed by atoms with Crippen LogP contribution in [0.25, 0.3) is 0 Å². The number of hydrogen-bond donors (Lipinski definition) is 2. The number of nitrogens with one attached hydrogen (secondary N) is 1. The maximum Gasteiger partial charge on any atom is 0.335 e. The van der Waals surface area contributed by atoms with Crippen molar-refractivity contribution in [3.63, 3.8) is 0 Å². The van der Waals surface area contributed by atoms with Gasteiger partial charge in [-0.1, -0.05) is 41.0 Å². The van der Waals surface area contributed by atoms with Gasteiger partial charge in [0.1, 0.15) is 5.82 Å². The summed E-state index contributed by atoms with van der Waals surface area (Å²) in [7, 11) is 0. The molecule has 4 heteroatoms. The van der Waals surface area contributed by atoms with Crippen LogP contribution in [0.5, 0.6) is 0 Å². The van der Waals surface area contributed by atoms with Crippen molar-refractivity contribution in [2.45, 2.75) is 53.5 Å². The third-order valence-electron chi connectivity index (χ3n) is 4.94. The molecule has 0 aromatic carbocycles. The Kier molecular flexibility index (Phi) is 3.53. The number of carbonyl (C=O) groups is 1. The Morgan fingerprint density at radius 3 is 2.35 bits per heavy atom. The summed E-state index contributed by atoms with van der Waals surface area (Å²) in [5.41, 5.74) is 1.53. The van der Waals surface area contributed by atoms with Crippen LogP contribution in [0.4, 0.5) is 5.82 Å². The largest absolute Gasteiger partial charge is 0.478 e. The van der Waals surface area contributed by atoms with Gasteiger partial charge in [-0.3, -0.25) is 0 Å². The van der Waals surface area contributed by atoms with Gasteiger partial charge < -0.3 is 10.4 Å². The molecule has 1 aliphatic rings. The topological polar surface area (TPSA) is 62.2 Å². The van der Waals surface area contributed by atoms with E-state index in [1.807, 2.05) is 0 Å². The van der Waals surface area contributed by atoms with Gasteiger partial charge in [-0.05, 0) is 29.4 Å². The van der Waals surface area contributed by atoms with Crippen LogP contribution < -0.4 is 5.32 Å². The van der Waals surface area contributed by atoms with Gasteiger partial charge in [0, 0.05) is 11.7 Å². The van der Waals surface area contributed by atoms with E-state index < -0.39 is 5.97 Å². The average molecular weight is 276 g/mol. The lowest BCUT2D eigenvalue weighted by atomic mass is 10.0. The van der Waals surface area contributed by atoms with Crippen molar-refractivity contribution in [3.05, 3.63) is 23.4 Å². The van der Waals surface area contributed by atoms with Crippen LogP contribution in [-0.2, 0) is 6.42 Å². The van der Waals surface area contributed by atoms with Gasteiger partial charge in [0.15, 0.2) is 0 Å². The van der Waals surface area contributed by atoms with Crippen molar-refractivity contribution >= 4 is 11.8 Å². The number of rotatable bonds is 5. The molecule has 110 valence electrons. The van der Waals surface area contributed by atoms with Gasteiger partial charge in [-0.25, -0.2) is 9.78 Å². The fraction of sp³-hybridized carbons (Fsp3) is 0.625. The first kappa shape index (κ1) is 14.8. The maximum absolute atomic E-state index is 11.2. The van der Waals surface area contributed by atoms with Crippen LogP contribution in [0.2, 0.25) is 0 Å². The van der Waals surface area contributed by atoms with Crippen molar-refractivity contribution < 1.29 is 9.90 Å². The maximum atomic E-state index is 11.2. The van der Waals surface area contributed by atoms with Gasteiger partial charge in [-0.15, -0.1) is 0 Å². The van der Waals surface area contributed by atoms with E-state index in [1.165, 1.54) is 0 Å². The second-order valence-electron chi connectivity index (χ2n) is 6.81. The summed E-state index contributed by atoms with van der Waals surface area (Å²) in [5.74, 6) is -0.223. The Morgan fingerprint density at radius 2 is 1.90 bits per heavy atom. The molecule has 0 bridgehead atoms. The quantitative estimate of drug-likeness (QED) is 0.863. The molecule has 2 rings (SSSR count). The Morgan fingerprint density at radius 1 is 1.30 bits per heavy atom. The molecule has 0 spiro atoms. The first-order valence-corrected chi connectivity index (χ1v) is 7.21. The van der Waals surface area contributed by atoms with Crippen molar-refractivity contribution in [1.29, 1.82) is 0 Å². The number of anilines is 1. The highest BCUT2D eigenvalue weighted by Crippen LogP contribution is 2.63. The normalized spacial score (nSPS) is 19.6. The summed E-state index contributed by atoms with van der Waals surface area (Å²) in [4.78, 5) is 15.8. The third-order valence-corrected chi connectivity index (χ3v) is 4.94. The molecule has 0 radical (unpaired) electrons. The van der Waals surface area contributed by atoms with Crippen molar-refractivity contribution in [2.75, 3.05) is 5.32 Å². The number of nitrogens with zero attached hydrogens (tertiary/aromatic N) is 1. The predicted octanol–water partition coefficient (Wildman–Crippen LogP) is 3.58. The van der Waals surface area contributed by atoms with E-state index in [2.05, 4.69) is 44.9 Å². The predicted molar refractivity (Wildman–Crippen MR) is 80.2 cm³/mol. The molecule has 4 nitrogen and oxygen atoms in total. The summed E-state index contributed by atoms with van der Waals surface area (Å²) in [6, 6.07) is 3.62. The third kappa shape index (κ3) is 2.39. The van der Waals surface area contributed by atoms with E-state index in [4.69, 9.17) is 0 Å². The number of pyridine rings is 1. The number of carboxylic acids is 1. The Bertz CT molecular complexity index is 521. The number of carboxylic acid groups (broad SMARTS) is 1. The van der Waals surface area contributed by atoms with E-state index in [0.29, 0.717) is 17.4 Å². The van der Waals surface area contributed by atoms with Gasteiger partial charge in [0.05, 0.1) is 5.56 Å². The fourth-order valence-electron chi connectivity index (χ4n) is 2.87. The fourth-order valence-corrected chi connectivity index (χ4v) is 2.87. The number of hydrogen-bond acceptors (Lipinski definition) is 3. The van der Waals surface area contributed by atoms with Crippen LogP contribution in [0.3, 0.4) is 0 Å². The summed E-state index contributed by atoms with van der Waals surface area (Å²) in [6.45, 7) is 10.9. The Hall–Kier alpha value is -1.58. The van der Waals surface area contributed by atoms with Crippen LogP contribution in [0.15, 0.2) is 12.1 Å². The standard InChI is InChI=1S/C16H24N2O2/c1-6-7-11-8-10(13(19)20)9-12(17-11)18-14-15(2,3)16(14,4)5/h8-9,14H,6-7H2,1-5H3,(H,17,18)(H,19,20). The number of aromatic carboxylic acids is 1. The molecule has 2 N–H and O–H groups in total. The molecule has 1 aromatic rings.